The summed E-state index contributed by atoms with van der Waals surface area (Å²) in [5, 5.41) is 31.7. The Morgan fingerprint density at radius 3 is 2.44 bits per heavy atom. The highest BCUT2D eigenvalue weighted by Crippen LogP contribution is 2.04. The number of aromatic nitrogens is 8. The van der Waals surface area contributed by atoms with Gasteiger partial charge in [-0.25, -0.2) is 4.68 Å². The largest absolute Gasteiger partial charge is 0.480 e. The lowest BCUT2D eigenvalue weighted by Gasteiger charge is -2.13. The molecule has 0 unspecified atom stereocenters. The zero-order valence-electron chi connectivity index (χ0n) is 9.70. The van der Waals surface area contributed by atoms with Gasteiger partial charge in [0.25, 0.3) is 0 Å². The number of nitrogens with zero attached hydrogens (tertiary/aromatic N) is 10. The van der Waals surface area contributed by atoms with E-state index in [-0.39, 0.29) is 6.67 Å². The van der Waals surface area contributed by atoms with Crippen molar-refractivity contribution in [1.29, 1.82) is 0 Å². The summed E-state index contributed by atoms with van der Waals surface area (Å²) in [7, 11) is 1.74. The Morgan fingerprint density at radius 1 is 1.22 bits per heavy atom. The molecule has 2 aromatic rings. The van der Waals surface area contributed by atoms with Crippen molar-refractivity contribution in [3.63, 3.8) is 0 Å². The van der Waals surface area contributed by atoms with Crippen LogP contribution in [0.3, 0.4) is 0 Å². The highest BCUT2D eigenvalue weighted by molar-refractivity contribution is 4.96. The van der Waals surface area contributed by atoms with E-state index in [1.165, 1.54) is 0 Å². The van der Waals surface area contributed by atoms with E-state index in [2.05, 4.69) is 31.1 Å². The molecule has 96 valence electrons. The first-order valence-corrected chi connectivity index (χ1v) is 4.90. The number of tetrazole rings is 2. The molecule has 0 spiro atoms. The van der Waals surface area contributed by atoms with Gasteiger partial charge in [0.1, 0.15) is 12.5 Å². The van der Waals surface area contributed by atoms with E-state index >= 15 is 0 Å². The molecule has 2 aromatic heterocycles. The van der Waals surface area contributed by atoms with Crippen LogP contribution >= 0.6 is 0 Å². The van der Waals surface area contributed by atoms with Gasteiger partial charge in [0, 0.05) is 5.21 Å². The average molecular weight is 254 g/mol. The molecule has 0 N–H and O–H groups in total. The third kappa shape index (κ3) is 2.42. The highest BCUT2D eigenvalue weighted by atomic mass is 16.6. The van der Waals surface area contributed by atoms with E-state index in [1.807, 2.05) is 0 Å². The van der Waals surface area contributed by atoms with E-state index in [9.17, 15) is 10.1 Å². The van der Waals surface area contributed by atoms with Gasteiger partial charge >= 0.3 is 5.95 Å². The highest BCUT2D eigenvalue weighted by Gasteiger charge is 2.19. The minimum absolute atomic E-state index is 0.155. The molecule has 0 aromatic carbocycles. The molecule has 0 bridgehead atoms. The summed E-state index contributed by atoms with van der Waals surface area (Å²) < 4.78 is 2.63. The van der Waals surface area contributed by atoms with Gasteiger partial charge in [-0.05, 0) is 29.3 Å². The Hall–Kier alpha value is -2.50. The van der Waals surface area contributed by atoms with Crippen LogP contribution in [0.1, 0.15) is 5.82 Å². The van der Waals surface area contributed by atoms with Gasteiger partial charge in [-0.15, -0.1) is 5.10 Å². The number of hydrogen-bond donors (Lipinski definition) is 0. The standard InChI is InChI=1S/C6H10N10O2/c1-5-7-9-11-14(5)3-13(2)4-15-6(16(17)18)8-10-12-15/h3-4H2,1-2H3. The third-order valence-electron chi connectivity index (χ3n) is 2.14. The fraction of sp³-hybridized carbons (Fsp3) is 0.667. The molecule has 0 atom stereocenters. The molecular formula is C6H10N10O2. The van der Waals surface area contributed by atoms with Crippen molar-refractivity contribution in [3.8, 4) is 0 Å². The zero-order chi connectivity index (χ0) is 13.1. The second-order valence-corrected chi connectivity index (χ2v) is 3.60. The Kier molecular flexibility index (Phi) is 3.18. The molecule has 18 heavy (non-hydrogen) atoms. The molecule has 0 fully saturated rings. The average Bonchev–Trinajstić information content (AvgIpc) is 2.89. The summed E-state index contributed by atoms with van der Waals surface area (Å²) in [5.41, 5.74) is 0. The van der Waals surface area contributed by atoms with Crippen molar-refractivity contribution in [3.05, 3.63) is 15.9 Å². The number of hydrogen-bond acceptors (Lipinski definition) is 9. The second kappa shape index (κ2) is 4.79. The lowest BCUT2D eigenvalue weighted by molar-refractivity contribution is -0.398. The minimum Gasteiger partial charge on any atom is -0.390 e. The van der Waals surface area contributed by atoms with Gasteiger partial charge in [-0.2, -0.15) is 0 Å². The molecule has 12 nitrogen and oxygen atoms in total. The minimum atomic E-state index is -0.643. The van der Waals surface area contributed by atoms with Crippen molar-refractivity contribution in [2.75, 3.05) is 7.05 Å². The molecule has 12 heteroatoms. The van der Waals surface area contributed by atoms with Gasteiger partial charge < -0.3 is 10.1 Å². The lowest BCUT2D eigenvalue weighted by atomic mass is 10.7. The molecule has 0 aliphatic heterocycles. The molecule has 0 saturated carbocycles. The molecular weight excluding hydrogens is 244 g/mol. The van der Waals surface area contributed by atoms with E-state index in [0.29, 0.717) is 12.5 Å². The van der Waals surface area contributed by atoms with Gasteiger partial charge in [0.2, 0.25) is 0 Å². The summed E-state index contributed by atoms with van der Waals surface area (Å²) in [5.74, 6) is 0.239. The maximum absolute atomic E-state index is 10.6. The Morgan fingerprint density at radius 2 is 1.83 bits per heavy atom. The van der Waals surface area contributed by atoms with Crippen molar-refractivity contribution in [1.82, 2.24) is 45.3 Å². The number of rotatable bonds is 5. The first-order valence-electron chi connectivity index (χ1n) is 4.90. The summed E-state index contributed by atoms with van der Waals surface area (Å²) >= 11 is 0. The molecule has 0 saturated heterocycles. The predicted molar refractivity (Wildman–Crippen MR) is 54.8 cm³/mol. The van der Waals surface area contributed by atoms with Gasteiger partial charge in [-0.3, -0.25) is 4.90 Å². The van der Waals surface area contributed by atoms with Crippen LogP contribution < -0.4 is 0 Å². The summed E-state index contributed by atoms with van der Waals surface area (Å²) in [6, 6.07) is 0. The van der Waals surface area contributed by atoms with Crippen LogP contribution in [-0.2, 0) is 13.3 Å². The SMILES string of the molecule is Cc1nnnn1CN(C)Cn1nnnc1[N+](=O)[O-]. The topological polar surface area (TPSA) is 134 Å². The molecule has 0 aliphatic rings. The number of nitro groups is 1. The van der Waals surface area contributed by atoms with Gasteiger partial charge in [-0.1, -0.05) is 4.68 Å². The van der Waals surface area contributed by atoms with Crippen LogP contribution in [0.5, 0.6) is 0 Å². The second-order valence-electron chi connectivity index (χ2n) is 3.60. The maximum Gasteiger partial charge on any atom is 0.480 e. The lowest BCUT2D eigenvalue weighted by Crippen LogP contribution is -2.27. The smallest absolute Gasteiger partial charge is 0.390 e. The monoisotopic (exact) mass is 254 g/mol. The van der Waals surface area contributed by atoms with E-state index in [4.69, 9.17) is 0 Å². The summed E-state index contributed by atoms with van der Waals surface area (Å²) in [6.07, 6.45) is 0. The van der Waals surface area contributed by atoms with Crippen molar-refractivity contribution in [2.45, 2.75) is 20.3 Å². The van der Waals surface area contributed by atoms with Crippen LogP contribution in [0.2, 0.25) is 0 Å². The van der Waals surface area contributed by atoms with E-state index in [0.717, 1.165) is 4.68 Å². The van der Waals surface area contributed by atoms with Crippen LogP contribution in [0.4, 0.5) is 5.95 Å². The van der Waals surface area contributed by atoms with Crippen molar-refractivity contribution >= 4 is 5.95 Å². The molecule has 2 rings (SSSR count). The summed E-state index contributed by atoms with van der Waals surface area (Å²) in [6.45, 7) is 2.28. The Bertz CT molecular complexity index is 546. The van der Waals surface area contributed by atoms with Crippen molar-refractivity contribution in [2.24, 2.45) is 0 Å². The van der Waals surface area contributed by atoms with Crippen LogP contribution in [0.15, 0.2) is 0 Å². The molecule has 0 aliphatic carbocycles. The fourth-order valence-electron chi connectivity index (χ4n) is 1.30. The molecule has 0 radical (unpaired) electrons. The summed E-state index contributed by atoms with van der Waals surface area (Å²) in [4.78, 5) is 11.7. The first-order chi connectivity index (χ1) is 8.58. The third-order valence-corrected chi connectivity index (χ3v) is 2.14. The fourth-order valence-corrected chi connectivity index (χ4v) is 1.30. The predicted octanol–water partition coefficient (Wildman–Crippen LogP) is -1.58. The molecule has 0 amide bonds. The molecule has 2 heterocycles. The van der Waals surface area contributed by atoms with Crippen molar-refractivity contribution < 1.29 is 4.92 Å². The van der Waals surface area contributed by atoms with E-state index < -0.39 is 10.9 Å². The quantitative estimate of drug-likeness (QED) is 0.457. The maximum atomic E-state index is 10.6. The van der Waals surface area contributed by atoms with Gasteiger partial charge in [0.05, 0.1) is 17.0 Å². The number of aryl methyl sites for hydroxylation is 1. The van der Waals surface area contributed by atoms with E-state index in [1.54, 1.807) is 23.6 Å². The Balaban J connectivity index is 2.03. The van der Waals surface area contributed by atoms with Crippen LogP contribution in [-0.4, -0.2) is 57.3 Å². The zero-order valence-corrected chi connectivity index (χ0v) is 9.70. The van der Waals surface area contributed by atoms with Gasteiger partial charge in [0.15, 0.2) is 0 Å². The van der Waals surface area contributed by atoms with Crippen LogP contribution in [0, 0.1) is 17.0 Å². The first kappa shape index (κ1) is 12.0. The Labute approximate surface area is 100 Å². The van der Waals surface area contributed by atoms with Crippen LogP contribution in [0.25, 0.3) is 0 Å². The normalized spacial score (nSPS) is 11.1.